The molecular formula is C25H40CsN3O5S2. The summed E-state index contributed by atoms with van der Waals surface area (Å²) in [5.74, 6) is 0.228. The number of carboxylic acids is 1. The van der Waals surface area contributed by atoms with Crippen molar-refractivity contribution in [1.29, 1.82) is 0 Å². The van der Waals surface area contributed by atoms with E-state index in [1.54, 1.807) is 30.0 Å². The van der Waals surface area contributed by atoms with Gasteiger partial charge < -0.3 is 20.1 Å². The van der Waals surface area contributed by atoms with Gasteiger partial charge in [0.15, 0.2) is 0 Å². The van der Waals surface area contributed by atoms with E-state index in [2.05, 4.69) is 43.7 Å². The Kier molecular flexibility index (Phi) is 19.6. The van der Waals surface area contributed by atoms with Gasteiger partial charge in [0.25, 0.3) is 0 Å². The predicted molar refractivity (Wildman–Crippen MR) is 146 cm³/mol. The van der Waals surface area contributed by atoms with Gasteiger partial charge in [-0.05, 0) is 75.0 Å². The maximum absolute atomic E-state index is 10.5. The molecule has 2 fully saturated rings. The summed E-state index contributed by atoms with van der Waals surface area (Å²) in [6, 6.07) is 8.89. The van der Waals surface area contributed by atoms with Crippen LogP contribution in [0.25, 0.3) is 10.9 Å². The van der Waals surface area contributed by atoms with E-state index in [0.29, 0.717) is 11.8 Å². The molecule has 1 aliphatic carbocycles. The molecule has 36 heavy (non-hydrogen) atoms. The normalized spacial score (nSPS) is 20.1. The van der Waals surface area contributed by atoms with Gasteiger partial charge in [0.05, 0.1) is 12.7 Å². The van der Waals surface area contributed by atoms with E-state index in [0.717, 1.165) is 30.3 Å². The quantitative estimate of drug-likeness (QED) is 0.136. The van der Waals surface area contributed by atoms with Crippen molar-refractivity contribution in [2.75, 3.05) is 26.2 Å². The third kappa shape index (κ3) is 12.9. The summed E-state index contributed by atoms with van der Waals surface area (Å²) in [6.07, 6.45) is 9.34. The van der Waals surface area contributed by atoms with Crippen LogP contribution >= 0.6 is 24.6 Å². The van der Waals surface area contributed by atoms with Crippen LogP contribution < -0.4 is 79.2 Å². The Bertz CT molecular complexity index is 854. The first-order valence-corrected chi connectivity index (χ1v) is 13.7. The number of amides is 1. The van der Waals surface area contributed by atoms with Gasteiger partial charge in [-0.25, -0.2) is 4.79 Å². The van der Waals surface area contributed by atoms with Gasteiger partial charge in [0.1, 0.15) is 6.17 Å². The molecule has 11 heteroatoms. The first kappa shape index (κ1) is 36.3. The fraction of sp³-hybridized carbons (Fsp3) is 0.600. The molecule has 3 atom stereocenters. The minimum Gasteiger partial charge on any atom is -0.651 e. The molecule has 1 saturated carbocycles. The minimum absolute atomic E-state index is 0. The summed E-state index contributed by atoms with van der Waals surface area (Å²) in [6.45, 7) is 7.46. The van der Waals surface area contributed by atoms with Crippen LogP contribution in [0.2, 0.25) is 0 Å². The zero-order valence-electron chi connectivity index (χ0n) is 22.6. The third-order valence-electron chi connectivity index (χ3n) is 5.76. The number of thiol groups is 1. The number of hydrogen-bond acceptors (Lipinski definition) is 7. The van der Waals surface area contributed by atoms with Crippen molar-refractivity contribution < 1.29 is 93.2 Å². The molecule has 2 aromatic rings. The van der Waals surface area contributed by atoms with Crippen LogP contribution in [-0.2, 0) is 14.4 Å². The number of hydroxylamine groups is 1. The van der Waals surface area contributed by atoms with Crippen molar-refractivity contribution in [2.45, 2.75) is 58.2 Å². The number of para-hydroxylation sites is 1. The van der Waals surface area contributed by atoms with Crippen LogP contribution in [0.4, 0.5) is 0 Å². The number of carboxylic acid groups (broad SMARTS) is 1. The van der Waals surface area contributed by atoms with Gasteiger partial charge >= 0.3 is 74.9 Å². The van der Waals surface area contributed by atoms with Crippen molar-refractivity contribution in [2.24, 2.45) is 11.8 Å². The second-order valence-corrected chi connectivity index (χ2v) is 9.55. The fourth-order valence-electron chi connectivity index (χ4n) is 3.71. The summed E-state index contributed by atoms with van der Waals surface area (Å²) >= 11 is 5.01. The zero-order valence-corrected chi connectivity index (χ0v) is 30.6. The molecule has 2 aliphatic rings. The molecule has 1 aromatic carbocycles. The third-order valence-corrected chi connectivity index (χ3v) is 6.49. The maximum Gasteiger partial charge on any atom is 1.00 e. The molecule has 0 spiro atoms. The number of benzene rings is 1. The van der Waals surface area contributed by atoms with Gasteiger partial charge in [-0.1, -0.05) is 49.2 Å². The van der Waals surface area contributed by atoms with Gasteiger partial charge in [0.2, 0.25) is 6.41 Å². The molecular weight excluding hydrogens is 619 g/mol. The minimum atomic E-state index is -0.980. The maximum atomic E-state index is 10.5. The van der Waals surface area contributed by atoms with Crippen molar-refractivity contribution in [3.05, 3.63) is 36.0 Å². The first-order chi connectivity index (χ1) is 16.7. The van der Waals surface area contributed by atoms with Gasteiger partial charge in [0, 0.05) is 6.61 Å². The van der Waals surface area contributed by atoms with E-state index in [1.807, 2.05) is 24.5 Å². The number of nitrogens with one attached hydrogen (secondary N) is 1. The molecule has 1 aromatic heterocycles. The second-order valence-electron chi connectivity index (χ2n) is 8.83. The van der Waals surface area contributed by atoms with Crippen molar-refractivity contribution >= 4 is 47.9 Å². The van der Waals surface area contributed by atoms with Gasteiger partial charge in [-0.15, -0.1) is 9.99 Å². The summed E-state index contributed by atoms with van der Waals surface area (Å²) in [5, 5.41) is 12.3. The topological polar surface area (TPSA) is 102 Å². The number of nitrogens with zero attached hydrogens (tertiary/aromatic N) is 2. The predicted octanol–water partition coefficient (Wildman–Crippen LogP) is 1.87. The molecule has 0 bridgehead atoms. The summed E-state index contributed by atoms with van der Waals surface area (Å²) in [5.41, 5.74) is 1.02. The Morgan fingerprint density at radius 1 is 1.36 bits per heavy atom. The Morgan fingerprint density at radius 2 is 2.00 bits per heavy atom. The Labute approximate surface area is 284 Å². The van der Waals surface area contributed by atoms with E-state index in [-0.39, 0.29) is 86.4 Å². The van der Waals surface area contributed by atoms with E-state index in [4.69, 9.17) is 14.7 Å². The smallest absolute Gasteiger partial charge is 0.651 e. The number of hydrogen-bond donors (Lipinski definition) is 3. The number of rotatable bonds is 7. The number of carbonyl (C=O) groups is 2. The van der Waals surface area contributed by atoms with Gasteiger partial charge in [-0.2, -0.15) is 12.6 Å². The molecule has 4 rings (SSSR count). The van der Waals surface area contributed by atoms with Crippen LogP contribution in [0.3, 0.4) is 0 Å². The first-order valence-electron chi connectivity index (χ1n) is 11.6. The number of carbonyl (C=O) groups excluding carboxylic acids is 1. The van der Waals surface area contributed by atoms with Crippen LogP contribution in [0.15, 0.2) is 30.3 Å². The number of fused-ring (bicyclic) bond motifs is 1. The average Bonchev–Trinajstić information content (AvgIpc) is 3.40. The fourth-order valence-corrected chi connectivity index (χ4v) is 4.30. The van der Waals surface area contributed by atoms with Crippen molar-refractivity contribution in [3.63, 3.8) is 0 Å². The number of aromatic nitrogens is 1. The van der Waals surface area contributed by atoms with Crippen LogP contribution in [0, 0.1) is 11.8 Å². The summed E-state index contributed by atoms with van der Waals surface area (Å²) in [7, 11) is 1.61. The van der Waals surface area contributed by atoms with E-state index >= 15 is 0 Å². The van der Waals surface area contributed by atoms with Crippen LogP contribution in [0.5, 0.6) is 0 Å². The molecule has 3 unspecified atom stereocenters. The van der Waals surface area contributed by atoms with E-state index in [9.17, 15) is 9.59 Å². The van der Waals surface area contributed by atoms with E-state index < -0.39 is 5.97 Å². The molecule has 0 radical (unpaired) electrons. The monoisotopic (exact) mass is 659 g/mol. The molecule has 198 valence electrons. The average molecular weight is 660 g/mol. The Balaban J connectivity index is 0.000000498. The van der Waals surface area contributed by atoms with Crippen molar-refractivity contribution in [1.82, 2.24) is 14.8 Å². The van der Waals surface area contributed by atoms with Gasteiger partial charge in [-0.3, -0.25) is 9.63 Å². The van der Waals surface area contributed by atoms with Crippen LogP contribution in [-0.4, -0.2) is 59.9 Å². The van der Waals surface area contributed by atoms with E-state index in [1.165, 1.54) is 31.2 Å². The SMILES string of the molecule is CC1(C)CCCCO1.CON(SC)C(NC=O)C1CC1C.CS.O=C(O)c1cc2ccccc2[n-]1.[Cs+]. The molecule has 1 aliphatic heterocycles. The molecule has 1 saturated heterocycles. The van der Waals surface area contributed by atoms with Crippen molar-refractivity contribution in [3.8, 4) is 0 Å². The molecule has 1 amide bonds. The summed E-state index contributed by atoms with van der Waals surface area (Å²) < 4.78 is 7.19. The second kappa shape index (κ2) is 19.4. The molecule has 2 heterocycles. The van der Waals surface area contributed by atoms with Crippen LogP contribution in [0.1, 0.15) is 56.9 Å². The summed E-state index contributed by atoms with van der Waals surface area (Å²) in [4.78, 5) is 29.9. The Hall–Kier alpha value is 0.332. The number of ether oxygens (including phenoxy) is 1. The Morgan fingerprint density at radius 3 is 2.39 bits per heavy atom. The standard InChI is InChI=1S/C9H6NO2.C8H16N2O2S.C7H14O.CH4S.Cs/c11-9(12)8-5-6-3-1-2-4-7(6)10-8;1-6-4-7(6)8(9-5-11)10(12-2)13-3;1-7(2)5-3-4-6-8-7;1-2;/h1-5H,(H,11,12);5-8H,4H2,1-3H3,(H,9,11);3-6H2,1-2H3;2H,1H3;/q-1;;;;+1. The number of aromatic carboxylic acids is 1. The largest absolute Gasteiger partial charge is 1.00 e. The molecule has 2 N–H and O–H groups in total. The zero-order chi connectivity index (χ0) is 26.4. The molecule has 8 nitrogen and oxygen atoms in total.